The van der Waals surface area contributed by atoms with Crippen molar-refractivity contribution < 1.29 is 13.3 Å². The lowest BCUT2D eigenvalue weighted by atomic mass is 10.1. The predicted molar refractivity (Wildman–Crippen MR) is 78.7 cm³/mol. The molecule has 0 fully saturated rings. The summed E-state index contributed by atoms with van der Waals surface area (Å²) in [4.78, 5) is 0. The number of hydrogen-bond acceptors (Lipinski definition) is 3. The third-order valence-electron chi connectivity index (χ3n) is 2.30. The summed E-state index contributed by atoms with van der Waals surface area (Å²) < 4.78 is 18.4. The standard InChI is InChI=1S/C14H30O3Si/c1-9-11-18(15-12(3)4,16-13(5)6)17-14(7,8)10-2/h10,12-13H,2,9,11H2,1,3-8H3. The van der Waals surface area contributed by atoms with Gasteiger partial charge in [0, 0.05) is 18.3 Å². The van der Waals surface area contributed by atoms with Crippen molar-refractivity contribution in [3.63, 3.8) is 0 Å². The molecule has 0 N–H and O–H groups in total. The Balaban J connectivity index is 5.10. The largest absolute Gasteiger partial charge is 0.502 e. The third-order valence-corrected chi connectivity index (χ3v) is 5.91. The highest BCUT2D eigenvalue weighted by molar-refractivity contribution is 6.61. The van der Waals surface area contributed by atoms with Gasteiger partial charge in [-0.2, -0.15) is 0 Å². The zero-order chi connectivity index (χ0) is 14.4. The Morgan fingerprint density at radius 2 is 1.56 bits per heavy atom. The highest BCUT2D eigenvalue weighted by atomic mass is 28.4. The van der Waals surface area contributed by atoms with Gasteiger partial charge in [0.15, 0.2) is 0 Å². The molecule has 0 aromatic carbocycles. The van der Waals surface area contributed by atoms with E-state index in [9.17, 15) is 0 Å². The molecule has 3 nitrogen and oxygen atoms in total. The first kappa shape index (κ1) is 17.8. The van der Waals surface area contributed by atoms with Crippen LogP contribution in [0.1, 0.15) is 54.9 Å². The lowest BCUT2D eigenvalue weighted by Crippen LogP contribution is -2.53. The van der Waals surface area contributed by atoms with Gasteiger partial charge in [-0.05, 0) is 41.5 Å². The van der Waals surface area contributed by atoms with E-state index >= 15 is 0 Å². The van der Waals surface area contributed by atoms with E-state index in [4.69, 9.17) is 13.3 Å². The Labute approximate surface area is 114 Å². The second kappa shape index (κ2) is 7.43. The van der Waals surface area contributed by atoms with Crippen LogP contribution in [0.3, 0.4) is 0 Å². The molecule has 0 amide bonds. The minimum atomic E-state index is -2.65. The molecule has 0 atom stereocenters. The van der Waals surface area contributed by atoms with Gasteiger partial charge in [-0.1, -0.05) is 19.4 Å². The number of hydrogen-bond donors (Lipinski definition) is 0. The van der Waals surface area contributed by atoms with Crippen LogP contribution < -0.4 is 0 Å². The van der Waals surface area contributed by atoms with Crippen molar-refractivity contribution in [2.75, 3.05) is 0 Å². The Morgan fingerprint density at radius 1 is 1.11 bits per heavy atom. The third kappa shape index (κ3) is 6.68. The zero-order valence-corrected chi connectivity index (χ0v) is 14.1. The first-order valence-electron chi connectivity index (χ1n) is 6.85. The van der Waals surface area contributed by atoms with E-state index in [0.717, 1.165) is 12.5 Å². The maximum atomic E-state index is 6.21. The van der Waals surface area contributed by atoms with Gasteiger partial charge in [0.25, 0.3) is 0 Å². The fourth-order valence-electron chi connectivity index (χ4n) is 1.71. The Bertz CT molecular complexity index is 239. The Hall–Kier alpha value is -0.163. The molecule has 0 radical (unpaired) electrons. The van der Waals surface area contributed by atoms with Gasteiger partial charge in [-0.25, -0.2) is 0 Å². The van der Waals surface area contributed by atoms with E-state index in [-0.39, 0.29) is 12.2 Å². The molecule has 0 aliphatic rings. The maximum absolute atomic E-state index is 6.21. The van der Waals surface area contributed by atoms with Gasteiger partial charge in [0.05, 0.1) is 5.60 Å². The Kier molecular flexibility index (Phi) is 7.36. The van der Waals surface area contributed by atoms with Crippen molar-refractivity contribution in [1.82, 2.24) is 0 Å². The van der Waals surface area contributed by atoms with Crippen molar-refractivity contribution in [3.8, 4) is 0 Å². The molecular formula is C14H30O3Si. The normalized spacial score (nSPS) is 13.4. The van der Waals surface area contributed by atoms with Crippen molar-refractivity contribution >= 4 is 8.80 Å². The van der Waals surface area contributed by atoms with Crippen LogP contribution in [0.25, 0.3) is 0 Å². The van der Waals surface area contributed by atoms with Crippen molar-refractivity contribution in [3.05, 3.63) is 12.7 Å². The van der Waals surface area contributed by atoms with Crippen LogP contribution in [-0.2, 0) is 13.3 Å². The summed E-state index contributed by atoms with van der Waals surface area (Å²) in [6, 6.07) is 0.834. The minimum absolute atomic E-state index is 0.0996. The highest BCUT2D eigenvalue weighted by Gasteiger charge is 2.45. The molecule has 108 valence electrons. The average Bonchev–Trinajstić information content (AvgIpc) is 2.14. The van der Waals surface area contributed by atoms with Gasteiger partial charge in [0.2, 0.25) is 0 Å². The molecule has 0 unspecified atom stereocenters. The van der Waals surface area contributed by atoms with Crippen LogP contribution in [0.2, 0.25) is 6.04 Å². The first-order chi connectivity index (χ1) is 8.16. The van der Waals surface area contributed by atoms with Gasteiger partial charge in [0.1, 0.15) is 0 Å². The molecule has 0 spiro atoms. The Morgan fingerprint density at radius 3 is 1.83 bits per heavy atom. The van der Waals surface area contributed by atoms with E-state index < -0.39 is 14.4 Å². The van der Waals surface area contributed by atoms with Crippen molar-refractivity contribution in [2.24, 2.45) is 0 Å². The lowest BCUT2D eigenvalue weighted by Gasteiger charge is -2.38. The van der Waals surface area contributed by atoms with Crippen LogP contribution in [0.15, 0.2) is 12.7 Å². The smallest absolute Gasteiger partial charge is 0.371 e. The van der Waals surface area contributed by atoms with Crippen LogP contribution >= 0.6 is 0 Å². The molecule has 0 aromatic rings. The molecule has 0 aromatic heterocycles. The van der Waals surface area contributed by atoms with Crippen LogP contribution in [0.5, 0.6) is 0 Å². The average molecular weight is 274 g/mol. The molecule has 0 rings (SSSR count). The zero-order valence-electron chi connectivity index (χ0n) is 13.1. The van der Waals surface area contributed by atoms with Crippen LogP contribution in [0, 0.1) is 0 Å². The molecule has 4 heteroatoms. The fraction of sp³-hybridized carbons (Fsp3) is 0.857. The maximum Gasteiger partial charge on any atom is 0.502 e. The van der Waals surface area contributed by atoms with Gasteiger partial charge >= 0.3 is 8.80 Å². The molecule has 0 saturated heterocycles. The highest BCUT2D eigenvalue weighted by Crippen LogP contribution is 2.27. The van der Waals surface area contributed by atoms with Crippen molar-refractivity contribution in [1.29, 1.82) is 0 Å². The summed E-state index contributed by atoms with van der Waals surface area (Å²) in [6.07, 6.45) is 2.99. The second-order valence-electron chi connectivity index (χ2n) is 5.68. The topological polar surface area (TPSA) is 27.7 Å². The monoisotopic (exact) mass is 274 g/mol. The van der Waals surface area contributed by atoms with E-state index in [2.05, 4.69) is 13.5 Å². The molecule has 0 heterocycles. The minimum Gasteiger partial charge on any atom is -0.371 e. The fourth-order valence-corrected chi connectivity index (χ4v) is 5.13. The molecule has 0 aliphatic heterocycles. The van der Waals surface area contributed by atoms with Gasteiger partial charge in [-0.15, -0.1) is 6.58 Å². The molecule has 0 bridgehead atoms. The van der Waals surface area contributed by atoms with Gasteiger partial charge in [-0.3, -0.25) is 0 Å². The molecule has 0 saturated carbocycles. The van der Waals surface area contributed by atoms with E-state index in [1.54, 1.807) is 6.08 Å². The SMILES string of the molecule is C=CC(C)(C)O[Si](CCC)(OC(C)C)OC(C)C. The van der Waals surface area contributed by atoms with Gasteiger partial charge < -0.3 is 13.3 Å². The van der Waals surface area contributed by atoms with Crippen LogP contribution in [0.4, 0.5) is 0 Å². The molecule has 0 aliphatic carbocycles. The lowest BCUT2D eigenvalue weighted by molar-refractivity contribution is -0.0193. The van der Waals surface area contributed by atoms with E-state index in [1.807, 2.05) is 41.5 Å². The predicted octanol–water partition coefficient (Wildman–Crippen LogP) is 4.17. The second-order valence-corrected chi connectivity index (χ2v) is 8.22. The first-order valence-corrected chi connectivity index (χ1v) is 8.79. The summed E-state index contributed by atoms with van der Waals surface area (Å²) in [7, 11) is -2.65. The summed E-state index contributed by atoms with van der Waals surface area (Å²) in [5, 5.41) is 0. The van der Waals surface area contributed by atoms with E-state index in [1.165, 1.54) is 0 Å². The summed E-state index contributed by atoms with van der Waals surface area (Å²) in [6.45, 7) is 18.0. The summed E-state index contributed by atoms with van der Waals surface area (Å²) >= 11 is 0. The molecular weight excluding hydrogens is 244 g/mol. The summed E-state index contributed by atoms with van der Waals surface area (Å²) in [5.74, 6) is 0. The molecule has 18 heavy (non-hydrogen) atoms. The summed E-state index contributed by atoms with van der Waals surface area (Å²) in [5.41, 5.74) is -0.425. The van der Waals surface area contributed by atoms with Crippen LogP contribution in [-0.4, -0.2) is 26.6 Å². The van der Waals surface area contributed by atoms with E-state index in [0.29, 0.717) is 0 Å². The van der Waals surface area contributed by atoms with Crippen molar-refractivity contribution in [2.45, 2.75) is 78.7 Å². The quantitative estimate of drug-likeness (QED) is 0.466. The number of rotatable bonds is 9.